The predicted octanol–water partition coefficient (Wildman–Crippen LogP) is 3.45. The number of nitrogens with zero attached hydrogens (tertiary/aromatic N) is 2. The van der Waals surface area contributed by atoms with Crippen LogP contribution in [0.5, 0.6) is 5.88 Å². The fraction of sp³-hybridized carbons (Fsp3) is 0.429. The van der Waals surface area contributed by atoms with Gasteiger partial charge in [0, 0.05) is 31.3 Å². The first-order valence-corrected chi connectivity index (χ1v) is 9.33. The minimum Gasteiger partial charge on any atom is -0.456 e. The maximum absolute atomic E-state index is 14.0. The van der Waals surface area contributed by atoms with E-state index in [0.717, 1.165) is 43.5 Å². The second-order valence-electron chi connectivity index (χ2n) is 7.28. The van der Waals surface area contributed by atoms with Gasteiger partial charge >= 0.3 is 0 Å². The topological polar surface area (TPSA) is 68.4 Å². The molecule has 1 aliphatic heterocycles. The van der Waals surface area contributed by atoms with Crippen LogP contribution in [0.3, 0.4) is 0 Å². The smallest absolute Gasteiger partial charge is 0.251 e. The summed E-state index contributed by atoms with van der Waals surface area (Å²) in [6.07, 6.45) is 5.52. The molecule has 1 fully saturated rings. The Kier molecular flexibility index (Phi) is 5.75. The lowest BCUT2D eigenvalue weighted by Gasteiger charge is -2.44. The fourth-order valence-corrected chi connectivity index (χ4v) is 3.58. The molecule has 0 radical (unpaired) electrons. The number of carbonyl (C=O) groups is 1. The molecule has 0 bridgehead atoms. The Bertz CT molecular complexity index is 827. The Balaban J connectivity index is 1.71. The number of hydrogen-bond donors (Lipinski definition) is 1. The van der Waals surface area contributed by atoms with Crippen LogP contribution in [-0.4, -0.2) is 34.6 Å². The SMILES string of the molecule is Cc1cccnc1OC1(C)CCCCN1CCc1ccc(C(N)=O)c(F)c1. The molecule has 0 saturated carbocycles. The number of rotatable bonds is 6. The number of primary amides is 1. The number of pyridine rings is 1. The molecule has 27 heavy (non-hydrogen) atoms. The number of halogens is 1. The largest absolute Gasteiger partial charge is 0.456 e. The van der Waals surface area contributed by atoms with Gasteiger partial charge in [-0.05, 0) is 56.9 Å². The van der Waals surface area contributed by atoms with Gasteiger partial charge in [0.05, 0.1) is 5.56 Å². The van der Waals surface area contributed by atoms with Crippen molar-refractivity contribution in [3.8, 4) is 5.88 Å². The molecule has 1 atom stereocenters. The Labute approximate surface area is 159 Å². The lowest BCUT2D eigenvalue weighted by Crippen LogP contribution is -2.54. The molecule has 6 heteroatoms. The zero-order chi connectivity index (χ0) is 19.4. The lowest BCUT2D eigenvalue weighted by atomic mass is 9.98. The molecule has 0 aliphatic carbocycles. The maximum atomic E-state index is 14.0. The fourth-order valence-electron chi connectivity index (χ4n) is 3.58. The van der Waals surface area contributed by atoms with Gasteiger partial charge in [-0.3, -0.25) is 9.69 Å². The Hall–Kier alpha value is -2.47. The second-order valence-corrected chi connectivity index (χ2v) is 7.28. The molecule has 2 N–H and O–H groups in total. The van der Waals surface area contributed by atoms with E-state index in [2.05, 4.69) is 16.8 Å². The quantitative estimate of drug-likeness (QED) is 0.844. The molecule has 1 unspecified atom stereocenters. The number of benzene rings is 1. The summed E-state index contributed by atoms with van der Waals surface area (Å²) in [6, 6.07) is 8.49. The van der Waals surface area contributed by atoms with Crippen LogP contribution in [0.4, 0.5) is 4.39 Å². The van der Waals surface area contributed by atoms with Crippen LogP contribution in [0.15, 0.2) is 36.5 Å². The third-order valence-electron chi connectivity index (χ3n) is 5.23. The Morgan fingerprint density at radius 3 is 2.89 bits per heavy atom. The van der Waals surface area contributed by atoms with Gasteiger partial charge in [0.2, 0.25) is 5.88 Å². The molecule has 1 saturated heterocycles. The van der Waals surface area contributed by atoms with Gasteiger partial charge in [-0.1, -0.05) is 12.1 Å². The van der Waals surface area contributed by atoms with E-state index in [-0.39, 0.29) is 5.56 Å². The minimum atomic E-state index is -0.748. The number of nitrogens with two attached hydrogens (primary N) is 1. The van der Waals surface area contributed by atoms with Gasteiger partial charge in [-0.25, -0.2) is 9.37 Å². The van der Waals surface area contributed by atoms with E-state index in [9.17, 15) is 9.18 Å². The minimum absolute atomic E-state index is 0.0736. The summed E-state index contributed by atoms with van der Waals surface area (Å²) in [5.74, 6) is -0.660. The molecular weight excluding hydrogens is 345 g/mol. The highest BCUT2D eigenvalue weighted by molar-refractivity contribution is 5.93. The highest BCUT2D eigenvalue weighted by Gasteiger charge is 2.36. The summed E-state index contributed by atoms with van der Waals surface area (Å²) in [7, 11) is 0. The molecule has 2 heterocycles. The normalized spacial score (nSPS) is 20.4. The van der Waals surface area contributed by atoms with Crippen LogP contribution in [0, 0.1) is 12.7 Å². The van der Waals surface area contributed by atoms with E-state index in [1.165, 1.54) is 12.1 Å². The number of aromatic nitrogens is 1. The predicted molar refractivity (Wildman–Crippen MR) is 102 cm³/mol. The summed E-state index contributed by atoms with van der Waals surface area (Å²) in [5.41, 5.74) is 6.49. The summed E-state index contributed by atoms with van der Waals surface area (Å²) in [5, 5.41) is 0. The van der Waals surface area contributed by atoms with Crippen LogP contribution in [0.2, 0.25) is 0 Å². The molecule has 1 aliphatic rings. The number of carbonyl (C=O) groups excluding carboxylic acids is 1. The summed E-state index contributed by atoms with van der Waals surface area (Å²) in [6.45, 7) is 5.74. The van der Waals surface area contributed by atoms with Crippen LogP contribution < -0.4 is 10.5 Å². The number of hydrogen-bond acceptors (Lipinski definition) is 4. The first-order chi connectivity index (χ1) is 12.9. The molecule has 1 aromatic heterocycles. The molecule has 1 aromatic carbocycles. The third-order valence-corrected chi connectivity index (χ3v) is 5.23. The number of amides is 1. The third kappa shape index (κ3) is 4.45. The molecule has 1 amide bonds. The van der Waals surface area contributed by atoms with Crippen molar-refractivity contribution >= 4 is 5.91 Å². The van der Waals surface area contributed by atoms with E-state index in [1.54, 1.807) is 12.3 Å². The van der Waals surface area contributed by atoms with Crippen molar-refractivity contribution in [2.45, 2.75) is 45.3 Å². The van der Waals surface area contributed by atoms with E-state index < -0.39 is 17.4 Å². The zero-order valence-electron chi connectivity index (χ0n) is 15.9. The number of aryl methyl sites for hydroxylation is 1. The van der Waals surface area contributed by atoms with Crippen molar-refractivity contribution in [2.24, 2.45) is 5.73 Å². The monoisotopic (exact) mass is 371 g/mol. The summed E-state index contributed by atoms with van der Waals surface area (Å²) >= 11 is 0. The number of likely N-dealkylation sites (tertiary alicyclic amines) is 1. The van der Waals surface area contributed by atoms with Gasteiger partial charge < -0.3 is 10.5 Å². The van der Waals surface area contributed by atoms with Gasteiger partial charge in [0.1, 0.15) is 5.82 Å². The van der Waals surface area contributed by atoms with E-state index >= 15 is 0 Å². The Morgan fingerprint density at radius 1 is 1.37 bits per heavy atom. The van der Waals surface area contributed by atoms with E-state index in [4.69, 9.17) is 10.5 Å². The second kappa shape index (κ2) is 8.05. The molecule has 3 rings (SSSR count). The van der Waals surface area contributed by atoms with Crippen molar-refractivity contribution in [2.75, 3.05) is 13.1 Å². The highest BCUT2D eigenvalue weighted by Crippen LogP contribution is 2.31. The van der Waals surface area contributed by atoms with Crippen LogP contribution in [0.1, 0.15) is 47.7 Å². The lowest BCUT2D eigenvalue weighted by molar-refractivity contribution is -0.0980. The maximum Gasteiger partial charge on any atom is 0.251 e. The van der Waals surface area contributed by atoms with Crippen LogP contribution >= 0.6 is 0 Å². The van der Waals surface area contributed by atoms with Crippen molar-refractivity contribution < 1.29 is 13.9 Å². The first kappa shape index (κ1) is 19.3. The van der Waals surface area contributed by atoms with Gasteiger partial charge in [-0.15, -0.1) is 0 Å². The van der Waals surface area contributed by atoms with Crippen LogP contribution in [-0.2, 0) is 6.42 Å². The van der Waals surface area contributed by atoms with Crippen molar-refractivity contribution in [1.82, 2.24) is 9.88 Å². The van der Waals surface area contributed by atoms with Crippen molar-refractivity contribution in [1.29, 1.82) is 0 Å². The van der Waals surface area contributed by atoms with Crippen LogP contribution in [0.25, 0.3) is 0 Å². The molecule has 5 nitrogen and oxygen atoms in total. The summed E-state index contributed by atoms with van der Waals surface area (Å²) < 4.78 is 20.3. The summed E-state index contributed by atoms with van der Waals surface area (Å²) in [4.78, 5) is 17.8. The van der Waals surface area contributed by atoms with Crippen molar-refractivity contribution in [3.05, 3.63) is 59.0 Å². The van der Waals surface area contributed by atoms with E-state index in [1.807, 2.05) is 19.1 Å². The number of piperidine rings is 1. The molecule has 2 aromatic rings. The molecule has 0 spiro atoms. The molecule has 144 valence electrons. The number of ether oxygens (including phenoxy) is 1. The standard InChI is InChI=1S/C21H26FN3O2/c1-15-6-5-11-24-20(15)27-21(2)10-3-4-12-25(21)13-9-16-7-8-17(19(23)26)18(22)14-16/h5-8,11,14H,3-4,9-10,12-13H2,1-2H3,(H2,23,26). The van der Waals surface area contributed by atoms with Crippen molar-refractivity contribution in [3.63, 3.8) is 0 Å². The first-order valence-electron chi connectivity index (χ1n) is 9.33. The average Bonchev–Trinajstić information content (AvgIpc) is 2.62. The Morgan fingerprint density at radius 2 is 2.19 bits per heavy atom. The highest BCUT2D eigenvalue weighted by atomic mass is 19.1. The van der Waals surface area contributed by atoms with Gasteiger partial charge in [-0.2, -0.15) is 0 Å². The molecular formula is C21H26FN3O2. The van der Waals surface area contributed by atoms with E-state index in [0.29, 0.717) is 12.3 Å². The average molecular weight is 371 g/mol. The van der Waals surface area contributed by atoms with Gasteiger partial charge in [0.25, 0.3) is 5.91 Å². The van der Waals surface area contributed by atoms with Gasteiger partial charge in [0.15, 0.2) is 5.72 Å². The zero-order valence-corrected chi connectivity index (χ0v) is 15.9.